The largest absolute Gasteiger partial charge is 0.466 e. The number of carbonyl (C=O) groups is 1. The van der Waals surface area contributed by atoms with Crippen LogP contribution < -0.4 is 0 Å². The van der Waals surface area contributed by atoms with E-state index in [0.29, 0.717) is 5.02 Å². The number of aromatic nitrogens is 1. The number of rotatable bonds is 2. The molecule has 0 spiro atoms. The first-order valence-corrected chi connectivity index (χ1v) is 5.11. The number of hydrogen-bond donors (Lipinski definition) is 1. The van der Waals surface area contributed by atoms with Crippen LogP contribution in [0, 0.1) is 0 Å². The molecule has 0 saturated heterocycles. The van der Waals surface area contributed by atoms with Crippen LogP contribution in [0.3, 0.4) is 0 Å². The summed E-state index contributed by atoms with van der Waals surface area (Å²) in [6, 6.07) is 5.66. The average Bonchev–Trinajstić information content (AvgIpc) is 2.74. The molecule has 1 heterocycles. The normalized spacial score (nSPS) is 11.1. The number of fused-ring (bicyclic) bond motifs is 1. The Morgan fingerprint density at radius 3 is 3.06 bits per heavy atom. The molecule has 16 heavy (non-hydrogen) atoms. The van der Waals surface area contributed by atoms with E-state index in [1.54, 1.807) is 12.1 Å². The smallest absolute Gasteiger partial charge is 0.330 e. The zero-order valence-corrected chi connectivity index (χ0v) is 9.41. The number of carbonyl (C=O) groups excluding carboxylic acids is 1. The van der Waals surface area contributed by atoms with Gasteiger partial charge in [0, 0.05) is 17.7 Å². The van der Waals surface area contributed by atoms with E-state index in [9.17, 15) is 4.79 Å². The van der Waals surface area contributed by atoms with E-state index < -0.39 is 0 Å². The Kier molecular flexibility index (Phi) is 2.97. The number of H-pyrrole nitrogens is 1. The van der Waals surface area contributed by atoms with Crippen LogP contribution in [0.5, 0.6) is 0 Å². The highest BCUT2D eigenvalue weighted by Gasteiger charge is 2.01. The second-order valence-electron chi connectivity index (χ2n) is 3.30. The highest BCUT2D eigenvalue weighted by Crippen LogP contribution is 2.24. The van der Waals surface area contributed by atoms with Crippen molar-refractivity contribution in [3.05, 3.63) is 41.1 Å². The molecule has 1 N–H and O–H groups in total. The Morgan fingerprint density at radius 2 is 2.31 bits per heavy atom. The Balaban J connectivity index is 2.38. The zero-order valence-electron chi connectivity index (χ0n) is 8.66. The Bertz CT molecular complexity index is 557. The monoisotopic (exact) mass is 235 g/mol. The number of methoxy groups -OCH3 is 1. The van der Waals surface area contributed by atoms with Gasteiger partial charge >= 0.3 is 5.97 Å². The molecular formula is C12H10ClNO2. The maximum absolute atomic E-state index is 10.9. The lowest BCUT2D eigenvalue weighted by atomic mass is 10.1. The summed E-state index contributed by atoms with van der Waals surface area (Å²) in [6.45, 7) is 0. The van der Waals surface area contributed by atoms with E-state index in [4.69, 9.17) is 11.6 Å². The third-order valence-electron chi connectivity index (χ3n) is 2.25. The van der Waals surface area contributed by atoms with Gasteiger partial charge in [-0.2, -0.15) is 0 Å². The van der Waals surface area contributed by atoms with Gasteiger partial charge in [-0.3, -0.25) is 0 Å². The van der Waals surface area contributed by atoms with Gasteiger partial charge in [-0.25, -0.2) is 4.79 Å². The van der Waals surface area contributed by atoms with E-state index in [0.717, 1.165) is 16.5 Å². The number of esters is 1. The van der Waals surface area contributed by atoms with Crippen LogP contribution in [-0.2, 0) is 9.53 Å². The standard InChI is InChI=1S/C12H10ClNO2/c1-16-11(15)3-2-8-6-9-4-5-14-12(9)10(13)7-8/h2-7,14H,1H3/b3-2+. The second kappa shape index (κ2) is 4.41. The molecule has 0 aliphatic heterocycles. The summed E-state index contributed by atoms with van der Waals surface area (Å²) in [5.74, 6) is -0.384. The molecule has 0 aliphatic rings. The lowest BCUT2D eigenvalue weighted by Gasteiger charge is -1.98. The van der Waals surface area contributed by atoms with Crippen LogP contribution in [0.15, 0.2) is 30.5 Å². The van der Waals surface area contributed by atoms with Gasteiger partial charge in [-0.05, 0) is 29.8 Å². The molecule has 4 heteroatoms. The number of benzene rings is 1. The Hall–Kier alpha value is -1.74. The third-order valence-corrected chi connectivity index (χ3v) is 2.54. The zero-order chi connectivity index (χ0) is 11.5. The molecule has 0 amide bonds. The van der Waals surface area contributed by atoms with Crippen LogP contribution in [0.25, 0.3) is 17.0 Å². The highest BCUT2D eigenvalue weighted by molar-refractivity contribution is 6.35. The predicted octanol–water partition coefficient (Wildman–Crippen LogP) is 3.01. The molecule has 2 aromatic rings. The second-order valence-corrected chi connectivity index (χ2v) is 3.71. The summed E-state index contributed by atoms with van der Waals surface area (Å²) in [5, 5.41) is 1.64. The van der Waals surface area contributed by atoms with Gasteiger partial charge in [-0.1, -0.05) is 11.6 Å². The van der Waals surface area contributed by atoms with Crippen molar-refractivity contribution in [1.29, 1.82) is 0 Å². The molecule has 0 saturated carbocycles. The Morgan fingerprint density at radius 1 is 1.50 bits per heavy atom. The fraction of sp³-hybridized carbons (Fsp3) is 0.0833. The fourth-order valence-electron chi connectivity index (χ4n) is 1.48. The first-order chi connectivity index (χ1) is 7.70. The van der Waals surface area contributed by atoms with Crippen molar-refractivity contribution in [1.82, 2.24) is 4.98 Å². The molecule has 0 atom stereocenters. The maximum Gasteiger partial charge on any atom is 0.330 e. The molecule has 0 fully saturated rings. The van der Waals surface area contributed by atoms with E-state index in [2.05, 4.69) is 9.72 Å². The SMILES string of the molecule is COC(=O)/C=C/c1cc(Cl)c2[nH]ccc2c1. The first-order valence-electron chi connectivity index (χ1n) is 4.73. The number of aromatic amines is 1. The van der Waals surface area contributed by atoms with E-state index >= 15 is 0 Å². The Labute approximate surface area is 97.7 Å². The van der Waals surface area contributed by atoms with Crippen LogP contribution in [0.1, 0.15) is 5.56 Å². The molecule has 3 nitrogen and oxygen atoms in total. The molecule has 0 unspecified atom stereocenters. The van der Waals surface area contributed by atoms with Crippen molar-refractivity contribution < 1.29 is 9.53 Å². The number of nitrogens with one attached hydrogen (secondary N) is 1. The molecule has 1 aromatic heterocycles. The summed E-state index contributed by atoms with van der Waals surface area (Å²) in [4.78, 5) is 14.0. The maximum atomic E-state index is 10.9. The highest BCUT2D eigenvalue weighted by atomic mass is 35.5. The first kappa shape index (κ1) is 10.8. The van der Waals surface area contributed by atoms with Gasteiger partial charge < -0.3 is 9.72 Å². The van der Waals surface area contributed by atoms with E-state index in [-0.39, 0.29) is 5.97 Å². The molecular weight excluding hydrogens is 226 g/mol. The lowest BCUT2D eigenvalue weighted by molar-refractivity contribution is -0.134. The van der Waals surface area contributed by atoms with Crippen molar-refractivity contribution in [2.75, 3.05) is 7.11 Å². The predicted molar refractivity (Wildman–Crippen MR) is 64.4 cm³/mol. The lowest BCUT2D eigenvalue weighted by Crippen LogP contribution is -1.93. The molecule has 0 radical (unpaired) electrons. The third kappa shape index (κ3) is 2.09. The topological polar surface area (TPSA) is 42.1 Å². The van der Waals surface area contributed by atoms with Crippen molar-refractivity contribution in [3.63, 3.8) is 0 Å². The minimum atomic E-state index is -0.384. The van der Waals surface area contributed by atoms with E-state index in [1.165, 1.54) is 13.2 Å². The summed E-state index contributed by atoms with van der Waals surface area (Å²) in [6.07, 6.45) is 4.86. The van der Waals surface area contributed by atoms with Crippen LogP contribution in [-0.4, -0.2) is 18.1 Å². The average molecular weight is 236 g/mol. The van der Waals surface area contributed by atoms with Crippen molar-refractivity contribution in [2.45, 2.75) is 0 Å². The van der Waals surface area contributed by atoms with Gasteiger partial charge in [0.1, 0.15) is 0 Å². The number of halogens is 1. The summed E-state index contributed by atoms with van der Waals surface area (Å²) < 4.78 is 4.51. The summed E-state index contributed by atoms with van der Waals surface area (Å²) in [7, 11) is 1.34. The van der Waals surface area contributed by atoms with Crippen LogP contribution >= 0.6 is 11.6 Å². The van der Waals surface area contributed by atoms with Crippen LogP contribution in [0.4, 0.5) is 0 Å². The van der Waals surface area contributed by atoms with Gasteiger partial charge in [0.05, 0.1) is 17.6 Å². The summed E-state index contributed by atoms with van der Waals surface area (Å²) in [5.41, 5.74) is 1.76. The minimum absolute atomic E-state index is 0.384. The fourth-order valence-corrected chi connectivity index (χ4v) is 1.77. The van der Waals surface area contributed by atoms with E-state index in [1.807, 2.05) is 18.3 Å². The molecule has 1 aromatic carbocycles. The quantitative estimate of drug-likeness (QED) is 0.642. The summed E-state index contributed by atoms with van der Waals surface area (Å²) >= 11 is 6.07. The van der Waals surface area contributed by atoms with Crippen LogP contribution in [0.2, 0.25) is 5.02 Å². The molecule has 0 aliphatic carbocycles. The van der Waals surface area contributed by atoms with Crippen molar-refractivity contribution >= 4 is 34.5 Å². The van der Waals surface area contributed by atoms with Gasteiger partial charge in [0.2, 0.25) is 0 Å². The molecule has 2 rings (SSSR count). The van der Waals surface area contributed by atoms with Gasteiger partial charge in [-0.15, -0.1) is 0 Å². The molecule has 82 valence electrons. The number of ether oxygens (including phenoxy) is 1. The van der Waals surface area contributed by atoms with Crippen molar-refractivity contribution in [2.24, 2.45) is 0 Å². The van der Waals surface area contributed by atoms with Gasteiger partial charge in [0.15, 0.2) is 0 Å². The molecule has 0 bridgehead atoms. The number of hydrogen-bond acceptors (Lipinski definition) is 2. The minimum Gasteiger partial charge on any atom is -0.466 e. The van der Waals surface area contributed by atoms with Gasteiger partial charge in [0.25, 0.3) is 0 Å². The van der Waals surface area contributed by atoms with Crippen molar-refractivity contribution in [3.8, 4) is 0 Å².